The van der Waals surface area contributed by atoms with Crippen LogP contribution in [0.4, 0.5) is 5.69 Å². The van der Waals surface area contributed by atoms with E-state index in [0.717, 1.165) is 44.6 Å². The summed E-state index contributed by atoms with van der Waals surface area (Å²) in [6.45, 7) is 6.63. The summed E-state index contributed by atoms with van der Waals surface area (Å²) < 4.78 is 5.43. The maximum atomic E-state index is 5.43. The summed E-state index contributed by atoms with van der Waals surface area (Å²) in [6.07, 6.45) is 4.67. The van der Waals surface area contributed by atoms with Crippen LogP contribution in [-0.4, -0.2) is 37.3 Å². The molecule has 1 aromatic heterocycles. The normalized spacial score (nSPS) is 20.2. The summed E-state index contributed by atoms with van der Waals surface area (Å²) in [5.74, 6) is 0. The highest BCUT2D eigenvalue weighted by molar-refractivity contribution is 5.54. The van der Waals surface area contributed by atoms with Gasteiger partial charge in [0.05, 0.1) is 13.2 Å². The van der Waals surface area contributed by atoms with Gasteiger partial charge in [0.2, 0.25) is 0 Å². The van der Waals surface area contributed by atoms with Gasteiger partial charge in [-0.2, -0.15) is 0 Å². The molecule has 2 heterocycles. The lowest BCUT2D eigenvalue weighted by Crippen LogP contribution is -2.37. The minimum atomic E-state index is 0.740. The average molecular weight is 247 g/mol. The Morgan fingerprint density at radius 2 is 2.17 bits per heavy atom. The number of hydrogen-bond donors (Lipinski definition) is 1. The van der Waals surface area contributed by atoms with Crippen LogP contribution in [0.25, 0.3) is 0 Å². The molecule has 1 aliphatic carbocycles. The van der Waals surface area contributed by atoms with E-state index < -0.39 is 0 Å². The van der Waals surface area contributed by atoms with Crippen LogP contribution < -0.4 is 10.2 Å². The van der Waals surface area contributed by atoms with Crippen molar-refractivity contribution in [1.29, 1.82) is 0 Å². The zero-order valence-electron chi connectivity index (χ0n) is 11.0. The van der Waals surface area contributed by atoms with Crippen molar-refractivity contribution in [3.63, 3.8) is 0 Å². The van der Waals surface area contributed by atoms with Crippen molar-refractivity contribution in [2.75, 3.05) is 31.2 Å². The van der Waals surface area contributed by atoms with Gasteiger partial charge in [0.1, 0.15) is 0 Å². The summed E-state index contributed by atoms with van der Waals surface area (Å²) in [4.78, 5) is 6.85. The number of morpholine rings is 1. The Morgan fingerprint density at radius 1 is 1.39 bits per heavy atom. The monoisotopic (exact) mass is 247 g/mol. The highest BCUT2D eigenvalue weighted by atomic mass is 16.5. The van der Waals surface area contributed by atoms with Crippen LogP contribution in [0.5, 0.6) is 0 Å². The zero-order valence-corrected chi connectivity index (χ0v) is 11.0. The lowest BCUT2D eigenvalue weighted by atomic mass is 10.1. The molecule has 0 amide bonds. The molecule has 2 fully saturated rings. The number of rotatable bonds is 4. The van der Waals surface area contributed by atoms with Crippen molar-refractivity contribution < 1.29 is 4.74 Å². The van der Waals surface area contributed by atoms with E-state index in [4.69, 9.17) is 4.74 Å². The molecule has 18 heavy (non-hydrogen) atoms. The molecule has 0 bridgehead atoms. The average Bonchev–Trinajstić information content (AvgIpc) is 3.22. The fourth-order valence-corrected chi connectivity index (χ4v) is 2.35. The number of nitrogens with zero attached hydrogens (tertiary/aromatic N) is 2. The van der Waals surface area contributed by atoms with Gasteiger partial charge in [0.15, 0.2) is 0 Å². The Bertz CT molecular complexity index is 412. The third kappa shape index (κ3) is 2.82. The van der Waals surface area contributed by atoms with E-state index in [2.05, 4.69) is 28.2 Å². The van der Waals surface area contributed by atoms with Crippen LogP contribution in [-0.2, 0) is 11.3 Å². The molecule has 0 unspecified atom stereocenters. The van der Waals surface area contributed by atoms with Crippen molar-refractivity contribution in [1.82, 2.24) is 10.3 Å². The van der Waals surface area contributed by atoms with Gasteiger partial charge in [0, 0.05) is 48.8 Å². The molecule has 1 aromatic rings. The number of pyridine rings is 1. The number of hydrogen-bond acceptors (Lipinski definition) is 4. The molecule has 0 aromatic carbocycles. The molecule has 4 heteroatoms. The third-order valence-electron chi connectivity index (χ3n) is 3.61. The minimum absolute atomic E-state index is 0.740. The van der Waals surface area contributed by atoms with Crippen LogP contribution in [0.3, 0.4) is 0 Å². The highest BCUT2D eigenvalue weighted by Crippen LogP contribution is 2.24. The maximum Gasteiger partial charge on any atom is 0.0642 e. The summed E-state index contributed by atoms with van der Waals surface area (Å²) in [5.41, 5.74) is 3.74. The SMILES string of the molecule is Cc1cc(N2CCOCC2)c(CNC2CC2)cn1. The summed E-state index contributed by atoms with van der Waals surface area (Å²) in [6, 6.07) is 2.94. The van der Waals surface area contributed by atoms with Crippen molar-refractivity contribution in [2.24, 2.45) is 0 Å². The standard InChI is InChI=1S/C14H21N3O/c1-11-8-14(17-4-6-18-7-5-17)12(9-15-11)10-16-13-2-3-13/h8-9,13,16H,2-7,10H2,1H3. The fourth-order valence-electron chi connectivity index (χ4n) is 2.35. The van der Waals surface area contributed by atoms with Gasteiger partial charge in [-0.15, -0.1) is 0 Å². The van der Waals surface area contributed by atoms with E-state index in [1.165, 1.54) is 24.1 Å². The Balaban J connectivity index is 1.77. The minimum Gasteiger partial charge on any atom is -0.378 e. The van der Waals surface area contributed by atoms with E-state index in [1.54, 1.807) is 0 Å². The third-order valence-corrected chi connectivity index (χ3v) is 3.61. The van der Waals surface area contributed by atoms with Crippen LogP contribution in [0, 0.1) is 6.92 Å². The van der Waals surface area contributed by atoms with Crippen molar-refractivity contribution in [2.45, 2.75) is 32.4 Å². The molecular formula is C14H21N3O. The summed E-state index contributed by atoms with van der Waals surface area (Å²) in [7, 11) is 0. The first-order chi connectivity index (χ1) is 8.83. The topological polar surface area (TPSA) is 37.4 Å². The molecule has 2 aliphatic rings. The van der Waals surface area contributed by atoms with Gasteiger partial charge in [-0.3, -0.25) is 4.98 Å². The molecule has 1 saturated heterocycles. The Labute approximate surface area is 108 Å². The Morgan fingerprint density at radius 3 is 2.89 bits per heavy atom. The molecular weight excluding hydrogens is 226 g/mol. The number of aryl methyl sites for hydroxylation is 1. The predicted molar refractivity (Wildman–Crippen MR) is 71.9 cm³/mol. The second kappa shape index (κ2) is 5.24. The first kappa shape index (κ1) is 11.9. The van der Waals surface area contributed by atoms with Gasteiger partial charge in [0.25, 0.3) is 0 Å². The van der Waals surface area contributed by atoms with Crippen molar-refractivity contribution in [3.8, 4) is 0 Å². The van der Waals surface area contributed by atoms with Crippen molar-refractivity contribution >= 4 is 5.69 Å². The van der Waals surface area contributed by atoms with Crippen LogP contribution in [0.15, 0.2) is 12.3 Å². The summed E-state index contributed by atoms with van der Waals surface area (Å²) >= 11 is 0. The molecule has 0 atom stereocenters. The van der Waals surface area contributed by atoms with Gasteiger partial charge in [-0.05, 0) is 25.8 Å². The van der Waals surface area contributed by atoms with Crippen LogP contribution in [0.2, 0.25) is 0 Å². The quantitative estimate of drug-likeness (QED) is 0.874. The van der Waals surface area contributed by atoms with Gasteiger partial charge < -0.3 is 15.0 Å². The smallest absolute Gasteiger partial charge is 0.0642 e. The first-order valence-electron chi connectivity index (χ1n) is 6.84. The van der Waals surface area contributed by atoms with Gasteiger partial charge >= 0.3 is 0 Å². The zero-order chi connectivity index (χ0) is 12.4. The number of nitrogens with one attached hydrogen (secondary N) is 1. The lowest BCUT2D eigenvalue weighted by molar-refractivity contribution is 0.122. The van der Waals surface area contributed by atoms with Crippen molar-refractivity contribution in [3.05, 3.63) is 23.5 Å². The molecule has 0 radical (unpaired) electrons. The van der Waals surface area contributed by atoms with E-state index in [0.29, 0.717) is 0 Å². The largest absolute Gasteiger partial charge is 0.378 e. The molecule has 0 spiro atoms. The molecule has 1 aliphatic heterocycles. The molecule has 1 N–H and O–H groups in total. The van der Waals surface area contributed by atoms with E-state index in [-0.39, 0.29) is 0 Å². The van der Waals surface area contributed by atoms with Gasteiger partial charge in [-0.1, -0.05) is 0 Å². The molecule has 4 nitrogen and oxygen atoms in total. The predicted octanol–water partition coefficient (Wildman–Crippen LogP) is 1.48. The maximum absolute atomic E-state index is 5.43. The second-order valence-corrected chi connectivity index (χ2v) is 5.21. The lowest BCUT2D eigenvalue weighted by Gasteiger charge is -2.30. The number of aromatic nitrogens is 1. The van der Waals surface area contributed by atoms with Gasteiger partial charge in [-0.25, -0.2) is 0 Å². The molecule has 98 valence electrons. The first-order valence-corrected chi connectivity index (χ1v) is 6.84. The Kier molecular flexibility index (Phi) is 3.48. The summed E-state index contributed by atoms with van der Waals surface area (Å²) in [5, 5.41) is 3.57. The highest BCUT2D eigenvalue weighted by Gasteiger charge is 2.21. The molecule has 3 rings (SSSR count). The van der Waals surface area contributed by atoms with E-state index in [9.17, 15) is 0 Å². The van der Waals surface area contributed by atoms with E-state index in [1.807, 2.05) is 6.20 Å². The van der Waals surface area contributed by atoms with Crippen LogP contribution in [0.1, 0.15) is 24.1 Å². The number of ether oxygens (including phenoxy) is 1. The number of anilines is 1. The fraction of sp³-hybridized carbons (Fsp3) is 0.643. The van der Waals surface area contributed by atoms with Crippen LogP contribution >= 0.6 is 0 Å². The Hall–Kier alpha value is -1.13. The van der Waals surface area contributed by atoms with E-state index >= 15 is 0 Å². The second-order valence-electron chi connectivity index (χ2n) is 5.21. The molecule has 1 saturated carbocycles.